The number of benzene rings is 1. The van der Waals surface area contributed by atoms with Gasteiger partial charge in [0, 0.05) is 0 Å². The average molecular weight is 391 g/mol. The van der Waals surface area contributed by atoms with Gasteiger partial charge in [0.2, 0.25) is 0 Å². The van der Waals surface area contributed by atoms with Gasteiger partial charge in [0.05, 0.1) is 16.1 Å². The SMILES string of the molecule is CCC[Si](CCC)(CCC)c1ccccc1[Si](CCC)(CCC)CCC. The lowest BCUT2D eigenvalue weighted by Gasteiger charge is -2.40. The van der Waals surface area contributed by atoms with E-state index in [1.807, 2.05) is 10.4 Å². The molecule has 0 unspecified atom stereocenters. The Kier molecular flexibility index (Phi) is 11.1. The maximum atomic E-state index is 2.60. The van der Waals surface area contributed by atoms with Crippen LogP contribution < -0.4 is 10.4 Å². The van der Waals surface area contributed by atoms with Crippen LogP contribution in [0.4, 0.5) is 0 Å². The molecule has 0 heterocycles. The van der Waals surface area contributed by atoms with Crippen LogP contribution in [0.5, 0.6) is 0 Å². The molecule has 0 aromatic heterocycles. The summed E-state index contributed by atoms with van der Waals surface area (Å²) in [7, 11) is -2.76. The summed E-state index contributed by atoms with van der Waals surface area (Å²) < 4.78 is 0. The summed E-state index contributed by atoms with van der Waals surface area (Å²) >= 11 is 0. The monoisotopic (exact) mass is 390 g/mol. The normalized spacial score (nSPS) is 12.5. The van der Waals surface area contributed by atoms with Crippen molar-refractivity contribution in [1.29, 1.82) is 0 Å². The van der Waals surface area contributed by atoms with Crippen molar-refractivity contribution in [3.05, 3.63) is 24.3 Å². The highest BCUT2D eigenvalue weighted by atomic mass is 28.3. The van der Waals surface area contributed by atoms with Crippen LogP contribution in [-0.2, 0) is 0 Å². The predicted octanol–water partition coefficient (Wildman–Crippen LogP) is 7.46. The Morgan fingerprint density at radius 3 is 0.885 bits per heavy atom. The van der Waals surface area contributed by atoms with Gasteiger partial charge in [0.25, 0.3) is 0 Å². The quantitative estimate of drug-likeness (QED) is 0.289. The first-order chi connectivity index (χ1) is 12.6. The van der Waals surface area contributed by atoms with Crippen LogP contribution in [0.25, 0.3) is 0 Å². The van der Waals surface area contributed by atoms with Gasteiger partial charge >= 0.3 is 0 Å². The van der Waals surface area contributed by atoms with Crippen molar-refractivity contribution < 1.29 is 0 Å². The van der Waals surface area contributed by atoms with E-state index < -0.39 is 16.1 Å². The zero-order valence-corrected chi connectivity index (χ0v) is 20.8. The molecule has 0 radical (unpaired) electrons. The van der Waals surface area contributed by atoms with Crippen molar-refractivity contribution in [2.45, 2.75) is 116 Å². The molecule has 0 aliphatic heterocycles. The zero-order valence-electron chi connectivity index (χ0n) is 18.8. The van der Waals surface area contributed by atoms with E-state index in [0.717, 1.165) is 0 Å². The maximum Gasteiger partial charge on any atom is 0.0865 e. The van der Waals surface area contributed by atoms with E-state index in [0.29, 0.717) is 0 Å². The number of rotatable bonds is 14. The van der Waals surface area contributed by atoms with Crippen LogP contribution in [-0.4, -0.2) is 16.1 Å². The Hall–Kier alpha value is -0.346. The van der Waals surface area contributed by atoms with E-state index in [-0.39, 0.29) is 0 Å². The zero-order chi connectivity index (χ0) is 19.5. The van der Waals surface area contributed by atoms with Gasteiger partial charge < -0.3 is 0 Å². The fourth-order valence-electron chi connectivity index (χ4n) is 5.84. The standard InChI is InChI=1S/C24H46Si2/c1-7-17-25(18-8-2,19-9-3)23-15-13-14-16-24(23)26(20-10-4,21-11-5)22-12-6/h13-16H,7-12,17-22H2,1-6H3. The Bertz CT molecular complexity index is 416. The maximum absolute atomic E-state index is 2.60. The van der Waals surface area contributed by atoms with Crippen LogP contribution in [0.2, 0.25) is 36.3 Å². The number of hydrogen-bond donors (Lipinski definition) is 0. The van der Waals surface area contributed by atoms with Gasteiger partial charge in [-0.2, -0.15) is 0 Å². The first-order valence-corrected chi connectivity index (χ1v) is 16.9. The van der Waals surface area contributed by atoms with E-state index in [1.165, 1.54) is 74.8 Å². The first kappa shape index (κ1) is 23.7. The molecule has 1 rings (SSSR count). The minimum atomic E-state index is -1.38. The molecule has 0 saturated carbocycles. The van der Waals surface area contributed by atoms with Crippen LogP contribution in [0.1, 0.15) is 80.1 Å². The van der Waals surface area contributed by atoms with Crippen LogP contribution in [0.3, 0.4) is 0 Å². The van der Waals surface area contributed by atoms with Gasteiger partial charge in [-0.15, -0.1) is 0 Å². The topological polar surface area (TPSA) is 0 Å². The molecule has 0 fully saturated rings. The minimum Gasteiger partial charge on any atom is -0.0656 e. The lowest BCUT2D eigenvalue weighted by atomic mass is 10.4. The minimum absolute atomic E-state index is 1.37. The molecule has 0 spiro atoms. The molecule has 0 aliphatic carbocycles. The van der Waals surface area contributed by atoms with Crippen LogP contribution >= 0.6 is 0 Å². The molecular weight excluding hydrogens is 344 g/mol. The molecule has 0 amide bonds. The lowest BCUT2D eigenvalue weighted by Crippen LogP contribution is -2.62. The highest BCUT2D eigenvalue weighted by Gasteiger charge is 2.40. The third-order valence-corrected chi connectivity index (χ3v) is 18.6. The molecule has 0 bridgehead atoms. The molecule has 1 aromatic carbocycles. The molecule has 0 aliphatic rings. The van der Waals surface area contributed by atoms with Crippen molar-refractivity contribution in [3.8, 4) is 0 Å². The van der Waals surface area contributed by atoms with Crippen molar-refractivity contribution >= 4 is 26.5 Å². The first-order valence-electron chi connectivity index (χ1n) is 11.7. The van der Waals surface area contributed by atoms with Gasteiger partial charge in [0.15, 0.2) is 0 Å². The van der Waals surface area contributed by atoms with Crippen molar-refractivity contribution in [1.82, 2.24) is 0 Å². The molecule has 1 aromatic rings. The third kappa shape index (κ3) is 5.58. The van der Waals surface area contributed by atoms with Crippen molar-refractivity contribution in [3.63, 3.8) is 0 Å². The fourth-order valence-corrected chi connectivity index (χ4v) is 18.5. The predicted molar refractivity (Wildman–Crippen MR) is 128 cm³/mol. The Morgan fingerprint density at radius 1 is 0.462 bits per heavy atom. The van der Waals surface area contributed by atoms with E-state index in [9.17, 15) is 0 Å². The van der Waals surface area contributed by atoms with Crippen molar-refractivity contribution in [2.24, 2.45) is 0 Å². The Morgan fingerprint density at radius 2 is 0.692 bits per heavy atom. The average Bonchev–Trinajstić information content (AvgIpc) is 2.63. The second-order valence-electron chi connectivity index (χ2n) is 8.61. The Balaban J connectivity index is 3.61. The smallest absolute Gasteiger partial charge is 0.0656 e. The van der Waals surface area contributed by atoms with Gasteiger partial charge in [0.1, 0.15) is 0 Å². The molecule has 26 heavy (non-hydrogen) atoms. The summed E-state index contributed by atoms with van der Waals surface area (Å²) in [6, 6.07) is 18.9. The Labute approximate surface area is 167 Å². The number of hydrogen-bond acceptors (Lipinski definition) is 0. The van der Waals surface area contributed by atoms with E-state index in [1.54, 1.807) is 0 Å². The molecule has 0 atom stereocenters. The molecular formula is C24H46Si2. The summed E-state index contributed by atoms with van der Waals surface area (Å²) in [4.78, 5) is 0. The molecule has 0 saturated heterocycles. The fraction of sp³-hybridized carbons (Fsp3) is 0.750. The highest BCUT2D eigenvalue weighted by Crippen LogP contribution is 2.30. The molecule has 0 nitrogen and oxygen atoms in total. The van der Waals surface area contributed by atoms with Crippen LogP contribution in [0.15, 0.2) is 24.3 Å². The largest absolute Gasteiger partial charge is 0.0865 e. The second kappa shape index (κ2) is 12.2. The summed E-state index contributed by atoms with van der Waals surface area (Å²) in [5, 5.41) is 3.82. The molecule has 0 N–H and O–H groups in total. The van der Waals surface area contributed by atoms with E-state index in [2.05, 4.69) is 65.8 Å². The summed E-state index contributed by atoms with van der Waals surface area (Å²) in [6.45, 7) is 14.5. The van der Waals surface area contributed by atoms with Gasteiger partial charge in [-0.25, -0.2) is 0 Å². The molecule has 2 heteroatoms. The van der Waals surface area contributed by atoms with E-state index >= 15 is 0 Å². The van der Waals surface area contributed by atoms with Gasteiger partial charge in [-0.1, -0.05) is 151 Å². The highest BCUT2D eigenvalue weighted by molar-refractivity contribution is 7.01. The summed E-state index contributed by atoms with van der Waals surface area (Å²) in [6.07, 6.45) is 8.19. The van der Waals surface area contributed by atoms with Crippen molar-refractivity contribution in [2.75, 3.05) is 0 Å². The third-order valence-electron chi connectivity index (χ3n) is 6.44. The van der Waals surface area contributed by atoms with Gasteiger partial charge in [-0.3, -0.25) is 0 Å². The summed E-state index contributed by atoms with van der Waals surface area (Å²) in [5.74, 6) is 0. The summed E-state index contributed by atoms with van der Waals surface area (Å²) in [5.41, 5.74) is 0. The lowest BCUT2D eigenvalue weighted by molar-refractivity contribution is 0.931. The van der Waals surface area contributed by atoms with Crippen LogP contribution in [0, 0.1) is 0 Å². The second-order valence-corrected chi connectivity index (χ2v) is 17.8. The van der Waals surface area contributed by atoms with Gasteiger partial charge in [-0.05, 0) is 0 Å². The molecule has 150 valence electrons. The van der Waals surface area contributed by atoms with E-state index in [4.69, 9.17) is 0 Å².